The van der Waals surface area contributed by atoms with E-state index in [0.29, 0.717) is 45.8 Å². The van der Waals surface area contributed by atoms with Crippen LogP contribution in [0.1, 0.15) is 5.56 Å². The van der Waals surface area contributed by atoms with Gasteiger partial charge in [0.2, 0.25) is 11.8 Å². The zero-order valence-corrected chi connectivity index (χ0v) is 20.1. The Labute approximate surface area is 212 Å². The molecule has 0 unspecified atom stereocenters. The van der Waals surface area contributed by atoms with Crippen LogP contribution in [0.2, 0.25) is 0 Å². The van der Waals surface area contributed by atoms with E-state index in [9.17, 15) is 9.18 Å². The summed E-state index contributed by atoms with van der Waals surface area (Å²) in [7, 11) is 1.75. The molecule has 5 aromatic rings. The number of hydrogen-bond donors (Lipinski definition) is 3. The molecular formula is C28H23FN6O2. The second kappa shape index (κ2) is 10.3. The van der Waals surface area contributed by atoms with E-state index >= 15 is 0 Å². The van der Waals surface area contributed by atoms with Gasteiger partial charge < -0.3 is 20.7 Å². The van der Waals surface area contributed by atoms with Crippen molar-refractivity contribution in [1.82, 2.24) is 15.0 Å². The fourth-order valence-electron chi connectivity index (χ4n) is 3.83. The molecule has 9 heteroatoms. The summed E-state index contributed by atoms with van der Waals surface area (Å²) in [4.78, 5) is 25.7. The van der Waals surface area contributed by atoms with Crippen LogP contribution < -0.4 is 20.7 Å². The van der Waals surface area contributed by atoms with E-state index in [4.69, 9.17) is 4.74 Å². The molecule has 0 saturated carbocycles. The van der Waals surface area contributed by atoms with Gasteiger partial charge in [0.15, 0.2) is 0 Å². The van der Waals surface area contributed by atoms with Crippen LogP contribution in [0.15, 0.2) is 85.2 Å². The molecule has 2 amide bonds. The van der Waals surface area contributed by atoms with Crippen molar-refractivity contribution in [2.75, 3.05) is 23.0 Å². The molecule has 0 saturated heterocycles. The van der Waals surface area contributed by atoms with Crippen molar-refractivity contribution in [3.63, 3.8) is 0 Å². The molecule has 0 spiro atoms. The zero-order chi connectivity index (χ0) is 25.8. The van der Waals surface area contributed by atoms with Crippen molar-refractivity contribution in [1.29, 1.82) is 0 Å². The summed E-state index contributed by atoms with van der Waals surface area (Å²) < 4.78 is 20.1. The minimum Gasteiger partial charge on any atom is -0.438 e. The van der Waals surface area contributed by atoms with Gasteiger partial charge in [-0.25, -0.2) is 24.1 Å². The molecule has 5 rings (SSSR count). The van der Waals surface area contributed by atoms with Crippen molar-refractivity contribution in [2.45, 2.75) is 6.92 Å². The molecule has 2 aromatic heterocycles. The summed E-state index contributed by atoms with van der Waals surface area (Å²) in [5.74, 6) is 1.04. The molecule has 3 aromatic carbocycles. The number of hydrogen-bond acceptors (Lipinski definition) is 6. The van der Waals surface area contributed by atoms with Gasteiger partial charge >= 0.3 is 6.03 Å². The second-order valence-electron chi connectivity index (χ2n) is 8.17. The van der Waals surface area contributed by atoms with Crippen LogP contribution in [-0.2, 0) is 0 Å². The lowest BCUT2D eigenvalue weighted by Crippen LogP contribution is -2.19. The number of benzene rings is 3. The van der Waals surface area contributed by atoms with Gasteiger partial charge in [-0.15, -0.1) is 0 Å². The maximum absolute atomic E-state index is 13.9. The predicted octanol–water partition coefficient (Wildman–Crippen LogP) is 6.62. The molecular weight excluding hydrogens is 471 g/mol. The Kier molecular flexibility index (Phi) is 6.58. The lowest BCUT2D eigenvalue weighted by molar-refractivity contribution is 0.262. The first-order chi connectivity index (χ1) is 18.0. The molecule has 0 fully saturated rings. The van der Waals surface area contributed by atoms with E-state index in [0.717, 1.165) is 10.8 Å². The molecule has 0 aliphatic rings. The number of nitrogens with one attached hydrogen (secondary N) is 3. The SMILES string of the molecule is CNc1nccc(-c2cccnc2Oc2ccc(NC(=O)Nc3ccc(C)c(F)c3)c3ccccc23)n1. The van der Waals surface area contributed by atoms with Crippen LogP contribution in [0.25, 0.3) is 22.0 Å². The van der Waals surface area contributed by atoms with E-state index in [-0.39, 0.29) is 5.82 Å². The Balaban J connectivity index is 1.43. The fraction of sp³-hybridized carbons (Fsp3) is 0.0714. The summed E-state index contributed by atoms with van der Waals surface area (Å²) >= 11 is 0. The third-order valence-corrected chi connectivity index (χ3v) is 5.69. The molecule has 3 N–H and O–H groups in total. The second-order valence-corrected chi connectivity index (χ2v) is 8.17. The van der Waals surface area contributed by atoms with Crippen LogP contribution in [0.5, 0.6) is 11.6 Å². The highest BCUT2D eigenvalue weighted by atomic mass is 19.1. The van der Waals surface area contributed by atoms with Crippen LogP contribution in [0.4, 0.5) is 26.5 Å². The van der Waals surface area contributed by atoms with Gasteiger partial charge in [-0.2, -0.15) is 0 Å². The van der Waals surface area contributed by atoms with Crippen molar-refractivity contribution >= 4 is 34.1 Å². The average Bonchev–Trinajstić information content (AvgIpc) is 2.92. The van der Waals surface area contributed by atoms with E-state index < -0.39 is 6.03 Å². The van der Waals surface area contributed by atoms with Gasteiger partial charge in [0, 0.05) is 35.9 Å². The number of urea groups is 1. The molecule has 0 radical (unpaired) electrons. The van der Waals surface area contributed by atoms with E-state index in [2.05, 4.69) is 30.9 Å². The standard InChI is InChI=1S/C28H23FN6O2/c1-17-9-10-18(16-22(17)29)33-28(36)35-23-11-12-25(20-7-4-3-6-19(20)23)37-26-21(8-5-14-31-26)24-13-15-32-27(30-2)34-24/h3-16H,1-2H3,(H,30,32,34)(H2,33,35,36). The first-order valence-corrected chi connectivity index (χ1v) is 11.5. The Hall–Kier alpha value is -5.05. The number of anilines is 3. The van der Waals surface area contributed by atoms with Gasteiger partial charge in [0.25, 0.3) is 0 Å². The zero-order valence-electron chi connectivity index (χ0n) is 20.1. The summed E-state index contributed by atoms with van der Waals surface area (Å²) in [5.41, 5.74) is 2.81. The van der Waals surface area contributed by atoms with Gasteiger partial charge in [0.1, 0.15) is 11.6 Å². The quantitative estimate of drug-likeness (QED) is 0.245. The minimum atomic E-state index is -0.488. The van der Waals surface area contributed by atoms with Crippen LogP contribution in [0, 0.1) is 12.7 Å². The number of aromatic nitrogens is 3. The maximum Gasteiger partial charge on any atom is 0.323 e. The van der Waals surface area contributed by atoms with Crippen LogP contribution in [0.3, 0.4) is 0 Å². The lowest BCUT2D eigenvalue weighted by atomic mass is 10.1. The number of fused-ring (bicyclic) bond motifs is 1. The summed E-state index contributed by atoms with van der Waals surface area (Å²) in [5, 5.41) is 9.98. The van der Waals surface area contributed by atoms with Crippen molar-refractivity contribution in [3.05, 3.63) is 96.6 Å². The fourth-order valence-corrected chi connectivity index (χ4v) is 3.83. The molecule has 37 heavy (non-hydrogen) atoms. The first kappa shape index (κ1) is 23.7. The number of pyridine rings is 1. The molecule has 0 aliphatic heterocycles. The molecule has 0 atom stereocenters. The van der Waals surface area contributed by atoms with Gasteiger partial charge in [-0.05, 0) is 55.0 Å². The molecule has 0 aliphatic carbocycles. The lowest BCUT2D eigenvalue weighted by Gasteiger charge is -2.15. The molecule has 184 valence electrons. The topological polar surface area (TPSA) is 101 Å². The number of aryl methyl sites for hydroxylation is 1. The average molecular weight is 495 g/mol. The summed E-state index contributed by atoms with van der Waals surface area (Å²) in [6.45, 7) is 1.66. The number of ether oxygens (including phenoxy) is 1. The highest BCUT2D eigenvalue weighted by Gasteiger charge is 2.15. The number of carbonyl (C=O) groups excluding carboxylic acids is 1. The predicted molar refractivity (Wildman–Crippen MR) is 143 cm³/mol. The van der Waals surface area contributed by atoms with E-state index in [1.54, 1.807) is 56.7 Å². The normalized spacial score (nSPS) is 10.7. The largest absolute Gasteiger partial charge is 0.438 e. The minimum absolute atomic E-state index is 0.360. The van der Waals surface area contributed by atoms with Crippen LogP contribution >= 0.6 is 0 Å². The number of rotatable bonds is 6. The number of amides is 2. The maximum atomic E-state index is 13.9. The van der Waals surface area contributed by atoms with Crippen LogP contribution in [-0.4, -0.2) is 28.0 Å². The van der Waals surface area contributed by atoms with Crippen molar-refractivity contribution in [3.8, 4) is 22.9 Å². The highest BCUT2D eigenvalue weighted by Crippen LogP contribution is 2.37. The van der Waals surface area contributed by atoms with Gasteiger partial charge in [0.05, 0.1) is 16.9 Å². The third-order valence-electron chi connectivity index (χ3n) is 5.69. The molecule has 0 bridgehead atoms. The first-order valence-electron chi connectivity index (χ1n) is 11.5. The van der Waals surface area contributed by atoms with E-state index in [1.807, 2.05) is 36.4 Å². The van der Waals surface area contributed by atoms with Crippen molar-refractivity contribution in [2.24, 2.45) is 0 Å². The monoisotopic (exact) mass is 494 g/mol. The number of nitrogens with zero attached hydrogens (tertiary/aromatic N) is 3. The highest BCUT2D eigenvalue weighted by molar-refractivity contribution is 6.07. The van der Waals surface area contributed by atoms with Gasteiger partial charge in [-0.3, -0.25) is 0 Å². The van der Waals surface area contributed by atoms with Crippen molar-refractivity contribution < 1.29 is 13.9 Å². The number of halogens is 1. The Morgan fingerprint density at radius 1 is 0.892 bits per heavy atom. The van der Waals surface area contributed by atoms with Gasteiger partial charge in [-0.1, -0.05) is 30.3 Å². The molecule has 8 nitrogen and oxygen atoms in total. The number of carbonyl (C=O) groups is 1. The Morgan fingerprint density at radius 2 is 1.73 bits per heavy atom. The Bertz CT molecular complexity index is 1610. The summed E-state index contributed by atoms with van der Waals surface area (Å²) in [6.07, 6.45) is 3.31. The third kappa shape index (κ3) is 5.15. The Morgan fingerprint density at radius 3 is 2.54 bits per heavy atom. The molecule has 2 heterocycles. The van der Waals surface area contributed by atoms with E-state index in [1.165, 1.54) is 6.07 Å². The smallest absolute Gasteiger partial charge is 0.323 e. The summed E-state index contributed by atoms with van der Waals surface area (Å²) in [6, 6.07) is 20.6.